The fourth-order valence-electron chi connectivity index (χ4n) is 4.80. The van der Waals surface area contributed by atoms with Gasteiger partial charge >= 0.3 is 6.18 Å². The summed E-state index contributed by atoms with van der Waals surface area (Å²) in [5.41, 5.74) is 0.322. The van der Waals surface area contributed by atoms with Gasteiger partial charge in [0.25, 0.3) is 5.91 Å². The first kappa shape index (κ1) is 25.5. The molecule has 9 heteroatoms. The van der Waals surface area contributed by atoms with Gasteiger partial charge in [-0.25, -0.2) is 0 Å². The molecule has 1 aliphatic heterocycles. The Hall–Kier alpha value is -3.62. The van der Waals surface area contributed by atoms with Gasteiger partial charge in [-0.05, 0) is 55.0 Å². The number of nitrogens with zero attached hydrogens (tertiary/aromatic N) is 4. The predicted molar refractivity (Wildman–Crippen MR) is 129 cm³/mol. The molecule has 3 aromatic rings. The molecule has 0 N–H and O–H groups in total. The zero-order valence-corrected chi connectivity index (χ0v) is 20.1. The molecule has 6 nitrogen and oxygen atoms in total. The maximum Gasteiger partial charge on any atom is 0.416 e. The molecule has 1 atom stereocenters. The third-order valence-corrected chi connectivity index (χ3v) is 6.84. The van der Waals surface area contributed by atoms with Crippen LogP contribution in [0.2, 0.25) is 0 Å². The van der Waals surface area contributed by atoms with Gasteiger partial charge in [-0.3, -0.25) is 14.3 Å². The molecule has 2 heterocycles. The number of hydrogen-bond acceptors (Lipinski definition) is 3. The number of carbonyl (C=O) groups is 2. The monoisotopic (exact) mass is 498 g/mol. The summed E-state index contributed by atoms with van der Waals surface area (Å²) in [6, 6.07) is 16.2. The van der Waals surface area contributed by atoms with Crippen molar-refractivity contribution < 1.29 is 22.8 Å². The van der Waals surface area contributed by atoms with E-state index in [1.54, 1.807) is 40.0 Å². The molecule has 1 unspecified atom stereocenters. The van der Waals surface area contributed by atoms with E-state index in [1.165, 1.54) is 12.1 Å². The maximum atomic E-state index is 13.1. The Balaban J connectivity index is 1.45. The lowest BCUT2D eigenvalue weighted by molar-refractivity contribution is -0.137. The highest BCUT2D eigenvalue weighted by atomic mass is 19.4. The average molecular weight is 499 g/mol. The molecule has 0 radical (unpaired) electrons. The van der Waals surface area contributed by atoms with Gasteiger partial charge in [-0.1, -0.05) is 36.4 Å². The van der Waals surface area contributed by atoms with Crippen molar-refractivity contribution in [2.24, 2.45) is 5.92 Å². The van der Waals surface area contributed by atoms with Crippen LogP contribution in [0.5, 0.6) is 0 Å². The zero-order valence-electron chi connectivity index (χ0n) is 20.1. The summed E-state index contributed by atoms with van der Waals surface area (Å²) < 4.78 is 40.9. The highest BCUT2D eigenvalue weighted by Crippen LogP contribution is 2.31. The Labute approximate surface area is 208 Å². The number of benzene rings is 2. The summed E-state index contributed by atoms with van der Waals surface area (Å²) >= 11 is 0. The number of carbonyl (C=O) groups excluding carboxylic acids is 2. The summed E-state index contributed by atoms with van der Waals surface area (Å²) in [4.78, 5) is 29.4. The molecule has 1 aliphatic rings. The molecule has 1 fully saturated rings. The van der Waals surface area contributed by atoms with Gasteiger partial charge < -0.3 is 9.80 Å². The summed E-state index contributed by atoms with van der Waals surface area (Å²) in [7, 11) is 1.81. The van der Waals surface area contributed by atoms with Crippen LogP contribution >= 0.6 is 0 Å². The lowest BCUT2D eigenvalue weighted by Crippen LogP contribution is -2.49. The first-order valence-electron chi connectivity index (χ1n) is 12.0. The quantitative estimate of drug-likeness (QED) is 0.481. The van der Waals surface area contributed by atoms with E-state index >= 15 is 0 Å². The van der Waals surface area contributed by atoms with Gasteiger partial charge in [0.05, 0.1) is 5.56 Å². The number of halogens is 3. The van der Waals surface area contributed by atoms with Crippen LogP contribution in [0.15, 0.2) is 73.1 Å². The van der Waals surface area contributed by atoms with Crippen LogP contribution in [-0.4, -0.2) is 57.6 Å². The molecular weight excluding hydrogens is 469 g/mol. The van der Waals surface area contributed by atoms with Crippen molar-refractivity contribution in [1.82, 2.24) is 19.6 Å². The van der Waals surface area contributed by atoms with Crippen molar-refractivity contribution in [1.29, 1.82) is 0 Å². The molecule has 4 rings (SSSR count). The first-order valence-corrected chi connectivity index (χ1v) is 12.0. The standard InChI is InChI=1S/C27H29F3N4O2/c1-32(25(35)19-34-14-6-13-31-34)24(17-20-7-3-2-4-8-20)21-11-15-33(16-12-21)26(36)22-9-5-10-23(18-22)27(28,29)30/h2-10,13-14,18,21,24H,11-12,15-17,19H2,1H3. The van der Waals surface area contributed by atoms with E-state index in [0.717, 1.165) is 17.7 Å². The van der Waals surface area contributed by atoms with Gasteiger partial charge in [0.15, 0.2) is 0 Å². The Kier molecular flexibility index (Phi) is 7.76. The van der Waals surface area contributed by atoms with Gasteiger partial charge in [0.1, 0.15) is 6.54 Å². The molecule has 190 valence electrons. The van der Waals surface area contributed by atoms with E-state index in [-0.39, 0.29) is 30.0 Å². The second kappa shape index (κ2) is 11.0. The third kappa shape index (κ3) is 6.13. The highest BCUT2D eigenvalue weighted by Gasteiger charge is 2.34. The summed E-state index contributed by atoms with van der Waals surface area (Å²) in [6.45, 7) is 0.986. The second-order valence-electron chi connectivity index (χ2n) is 9.17. The fourth-order valence-corrected chi connectivity index (χ4v) is 4.80. The van der Waals surface area contributed by atoms with Crippen molar-refractivity contribution in [3.05, 3.63) is 89.7 Å². The van der Waals surface area contributed by atoms with Gasteiger partial charge in [0, 0.05) is 44.1 Å². The van der Waals surface area contributed by atoms with Crippen molar-refractivity contribution in [2.75, 3.05) is 20.1 Å². The minimum absolute atomic E-state index is 0.0376. The molecule has 36 heavy (non-hydrogen) atoms. The molecule has 1 saturated heterocycles. The Bertz CT molecular complexity index is 1160. The summed E-state index contributed by atoms with van der Waals surface area (Å²) in [5.74, 6) is -0.313. The van der Waals surface area contributed by atoms with E-state index in [2.05, 4.69) is 5.10 Å². The van der Waals surface area contributed by atoms with Crippen LogP contribution in [0.1, 0.15) is 34.3 Å². The normalized spacial score (nSPS) is 15.5. The lowest BCUT2D eigenvalue weighted by atomic mass is 9.84. The van der Waals surface area contributed by atoms with Crippen molar-refractivity contribution >= 4 is 11.8 Å². The van der Waals surface area contributed by atoms with Crippen LogP contribution in [0.25, 0.3) is 0 Å². The molecule has 0 spiro atoms. The average Bonchev–Trinajstić information content (AvgIpc) is 3.40. The topological polar surface area (TPSA) is 58.4 Å². The summed E-state index contributed by atoms with van der Waals surface area (Å²) in [5, 5.41) is 4.13. The van der Waals surface area contributed by atoms with E-state index < -0.39 is 17.6 Å². The number of likely N-dealkylation sites (N-methyl/N-ethyl adjacent to an activating group) is 1. The molecule has 1 aromatic heterocycles. The van der Waals surface area contributed by atoms with E-state index in [9.17, 15) is 22.8 Å². The molecule has 2 aromatic carbocycles. The Morgan fingerprint density at radius 2 is 1.78 bits per heavy atom. The molecule has 0 bridgehead atoms. The SMILES string of the molecule is CN(C(=O)Cn1cccn1)C(Cc1ccccc1)C1CCN(C(=O)c2cccc(C(F)(F)F)c2)CC1. The predicted octanol–water partition coefficient (Wildman–Crippen LogP) is 4.52. The number of piperidine rings is 1. The highest BCUT2D eigenvalue weighted by molar-refractivity contribution is 5.94. The second-order valence-corrected chi connectivity index (χ2v) is 9.17. The summed E-state index contributed by atoms with van der Waals surface area (Å²) in [6.07, 6.45) is 0.862. The third-order valence-electron chi connectivity index (χ3n) is 6.84. The van der Waals surface area contributed by atoms with E-state index in [0.29, 0.717) is 32.4 Å². The van der Waals surface area contributed by atoms with Crippen molar-refractivity contribution in [2.45, 2.75) is 38.0 Å². The number of rotatable bonds is 7. The minimum Gasteiger partial charge on any atom is -0.341 e. The molecule has 0 aliphatic carbocycles. The first-order chi connectivity index (χ1) is 17.2. The van der Waals surface area contributed by atoms with Crippen LogP contribution in [0.3, 0.4) is 0 Å². The fraction of sp³-hybridized carbons (Fsp3) is 0.370. The molecular formula is C27H29F3N4O2. The van der Waals surface area contributed by atoms with Crippen LogP contribution in [0.4, 0.5) is 13.2 Å². The number of amides is 2. The van der Waals surface area contributed by atoms with Crippen molar-refractivity contribution in [3.63, 3.8) is 0 Å². The van der Waals surface area contributed by atoms with Crippen LogP contribution in [0, 0.1) is 5.92 Å². The zero-order chi connectivity index (χ0) is 25.7. The number of aromatic nitrogens is 2. The van der Waals surface area contributed by atoms with Crippen molar-refractivity contribution in [3.8, 4) is 0 Å². The lowest BCUT2D eigenvalue weighted by Gasteiger charge is -2.40. The number of alkyl halides is 3. The maximum absolute atomic E-state index is 13.1. The Morgan fingerprint density at radius 3 is 2.42 bits per heavy atom. The van der Waals surface area contributed by atoms with Gasteiger partial charge in [0.2, 0.25) is 5.91 Å². The molecule has 2 amide bonds. The van der Waals surface area contributed by atoms with Gasteiger partial charge in [-0.15, -0.1) is 0 Å². The number of hydrogen-bond donors (Lipinski definition) is 0. The van der Waals surface area contributed by atoms with E-state index in [4.69, 9.17) is 0 Å². The van der Waals surface area contributed by atoms with Crippen LogP contribution < -0.4 is 0 Å². The Morgan fingerprint density at radius 1 is 1.06 bits per heavy atom. The van der Waals surface area contributed by atoms with E-state index in [1.807, 2.05) is 30.3 Å². The largest absolute Gasteiger partial charge is 0.416 e. The molecule has 0 saturated carbocycles. The van der Waals surface area contributed by atoms with Crippen LogP contribution in [-0.2, 0) is 23.9 Å². The minimum atomic E-state index is -4.50. The smallest absolute Gasteiger partial charge is 0.341 e. The number of likely N-dealkylation sites (tertiary alicyclic amines) is 1. The van der Waals surface area contributed by atoms with Gasteiger partial charge in [-0.2, -0.15) is 18.3 Å².